The van der Waals surface area contributed by atoms with E-state index in [2.05, 4.69) is 0 Å². The maximum Gasteiger partial charge on any atom is 0.692 e. The van der Waals surface area contributed by atoms with E-state index >= 15 is 0 Å². The smallest absolute Gasteiger partial charge is 0.508 e. The summed E-state index contributed by atoms with van der Waals surface area (Å²) in [5.41, 5.74) is 0.878. The zero-order chi connectivity index (χ0) is 20.0. The number of ketones is 2. The Labute approximate surface area is 147 Å². The van der Waals surface area contributed by atoms with Crippen molar-refractivity contribution in [3.05, 3.63) is 58.7 Å². The summed E-state index contributed by atoms with van der Waals surface area (Å²) in [6.45, 7) is 0. The van der Waals surface area contributed by atoms with Gasteiger partial charge in [0.05, 0.1) is 0 Å². The molecular weight excluding hydrogens is 390 g/mol. The molecule has 0 saturated carbocycles. The minimum atomic E-state index is -2.87. The average Bonchev–Trinajstić information content (AvgIpc) is 2.51. The second kappa shape index (κ2) is 9.21. The number of carbonyl (C=O) groups is 2. The van der Waals surface area contributed by atoms with Crippen molar-refractivity contribution in [3.63, 3.8) is 0 Å². The second-order valence-corrected chi connectivity index (χ2v) is 5.63. The minimum absolute atomic E-state index is 0.0582. The van der Waals surface area contributed by atoms with E-state index in [0.717, 1.165) is 0 Å². The van der Waals surface area contributed by atoms with Gasteiger partial charge in [0.15, 0.2) is 11.6 Å². The van der Waals surface area contributed by atoms with E-state index in [9.17, 15) is 19.8 Å². The summed E-state index contributed by atoms with van der Waals surface area (Å²) in [6.07, 6.45) is 0. The van der Waals surface area contributed by atoms with Gasteiger partial charge in [0.25, 0.3) is 0 Å². The van der Waals surface area contributed by atoms with Crippen LogP contribution in [-0.2, 0) is 9.13 Å². The number of carbonyl (C=O) groups excluding carboxylic acids is 2. The lowest BCUT2D eigenvalue weighted by Gasteiger charge is -2.17. The molecular formula is C14H12O10P2+2. The van der Waals surface area contributed by atoms with Gasteiger partial charge in [0.1, 0.15) is 11.5 Å². The molecule has 2 aromatic carbocycles. The minimum Gasteiger partial charge on any atom is -0.508 e. The van der Waals surface area contributed by atoms with E-state index in [1.54, 1.807) is 0 Å². The molecule has 0 radical (unpaired) electrons. The van der Waals surface area contributed by atoms with Gasteiger partial charge in [-0.3, -0.25) is 9.59 Å². The Kier molecular flexibility index (Phi) is 7.60. The molecule has 2 aromatic rings. The van der Waals surface area contributed by atoms with Gasteiger partial charge in [-0.25, -0.2) is 0 Å². The molecule has 1 aliphatic carbocycles. The molecule has 0 spiro atoms. The summed E-state index contributed by atoms with van der Waals surface area (Å²) in [7, 11) is -5.74. The number of hydrogen-bond acceptors (Lipinski definition) is 6. The molecule has 0 bridgehead atoms. The van der Waals surface area contributed by atoms with E-state index in [0.29, 0.717) is 0 Å². The first-order valence-corrected chi connectivity index (χ1v) is 8.83. The van der Waals surface area contributed by atoms with Gasteiger partial charge < -0.3 is 10.2 Å². The third-order valence-electron chi connectivity index (χ3n) is 2.98. The lowest BCUT2D eigenvalue weighted by atomic mass is 9.84. The SMILES string of the molecule is O=C1c2ccc(O)cc2C(=O)c2ccc(O)cc21.O=[P+](O)O.O=[P+](O)O. The van der Waals surface area contributed by atoms with Crippen LogP contribution in [0.1, 0.15) is 31.8 Å². The average molecular weight is 402 g/mol. The Bertz CT molecular complexity index is 812. The number of hydrogen-bond donors (Lipinski definition) is 6. The van der Waals surface area contributed by atoms with Crippen LogP contribution in [0.4, 0.5) is 0 Å². The largest absolute Gasteiger partial charge is 0.692 e. The molecule has 0 atom stereocenters. The number of phenols is 2. The first-order chi connectivity index (χ1) is 12.0. The van der Waals surface area contributed by atoms with Crippen molar-refractivity contribution in [3.8, 4) is 11.5 Å². The van der Waals surface area contributed by atoms with E-state index in [1.807, 2.05) is 0 Å². The summed E-state index contributed by atoms with van der Waals surface area (Å²) < 4.78 is 17.4. The maximum atomic E-state index is 12.2. The number of aromatic hydroxyl groups is 2. The molecule has 26 heavy (non-hydrogen) atoms. The van der Waals surface area contributed by atoms with Crippen LogP contribution in [0.15, 0.2) is 36.4 Å². The van der Waals surface area contributed by atoms with Gasteiger partial charge in [0, 0.05) is 31.4 Å². The fraction of sp³-hybridized carbons (Fsp3) is 0. The van der Waals surface area contributed by atoms with Crippen LogP contribution >= 0.6 is 16.5 Å². The Balaban J connectivity index is 0.000000360. The molecule has 0 amide bonds. The highest BCUT2D eigenvalue weighted by molar-refractivity contribution is 7.31. The van der Waals surface area contributed by atoms with Crippen molar-refractivity contribution in [2.45, 2.75) is 0 Å². The fourth-order valence-electron chi connectivity index (χ4n) is 2.13. The monoisotopic (exact) mass is 402 g/mol. The summed E-state index contributed by atoms with van der Waals surface area (Å²) in [4.78, 5) is 52.8. The van der Waals surface area contributed by atoms with E-state index in [1.165, 1.54) is 36.4 Å². The molecule has 0 heterocycles. The molecule has 0 aliphatic heterocycles. The summed E-state index contributed by atoms with van der Waals surface area (Å²) in [5.74, 6) is -0.764. The molecule has 0 aromatic heterocycles. The summed E-state index contributed by atoms with van der Waals surface area (Å²) in [5, 5.41) is 18.8. The van der Waals surface area contributed by atoms with Crippen molar-refractivity contribution in [1.29, 1.82) is 0 Å². The highest BCUT2D eigenvalue weighted by Gasteiger charge is 2.29. The molecule has 6 N–H and O–H groups in total. The number of fused-ring (bicyclic) bond motifs is 2. The van der Waals surface area contributed by atoms with Crippen molar-refractivity contribution >= 4 is 28.1 Å². The Morgan fingerprint density at radius 1 is 0.577 bits per heavy atom. The Morgan fingerprint density at radius 2 is 0.846 bits per heavy atom. The molecule has 0 fully saturated rings. The van der Waals surface area contributed by atoms with Crippen molar-refractivity contribution < 1.29 is 48.5 Å². The number of rotatable bonds is 0. The standard InChI is InChI=1S/C14H8O4.2HO3P/c15-7-1-3-9-11(5-7)14(18)10-4-2-8(16)6-12(10)13(9)17;2*1-4(2)3/h1-6,15-16H;2*(H-,1,2,3)/p+2. The highest BCUT2D eigenvalue weighted by Crippen LogP contribution is 2.31. The molecule has 3 rings (SSSR count). The molecule has 136 valence electrons. The molecule has 0 saturated heterocycles. The Hall–Kier alpha value is -2.58. The molecule has 0 unspecified atom stereocenters. The third-order valence-corrected chi connectivity index (χ3v) is 2.98. The maximum absolute atomic E-state index is 12.2. The fourth-order valence-corrected chi connectivity index (χ4v) is 2.13. The highest BCUT2D eigenvalue weighted by atomic mass is 31.1. The topological polar surface area (TPSA) is 190 Å². The first kappa shape index (κ1) is 21.5. The molecule has 1 aliphatic rings. The van der Waals surface area contributed by atoms with Crippen LogP contribution in [0.25, 0.3) is 0 Å². The third kappa shape index (κ3) is 5.75. The van der Waals surface area contributed by atoms with Gasteiger partial charge in [0.2, 0.25) is 0 Å². The predicted octanol–water partition coefficient (Wildman–Crippen LogP) is 1.13. The van der Waals surface area contributed by atoms with Crippen molar-refractivity contribution in [1.82, 2.24) is 0 Å². The van der Waals surface area contributed by atoms with Crippen molar-refractivity contribution in [2.24, 2.45) is 0 Å². The Morgan fingerprint density at radius 3 is 1.12 bits per heavy atom. The lowest BCUT2D eigenvalue weighted by molar-refractivity contribution is 0.0978. The lowest BCUT2D eigenvalue weighted by Crippen LogP contribution is -2.20. The van der Waals surface area contributed by atoms with E-state index < -0.39 is 16.5 Å². The number of benzene rings is 2. The van der Waals surface area contributed by atoms with Crippen LogP contribution in [0, 0.1) is 0 Å². The zero-order valence-electron chi connectivity index (χ0n) is 12.7. The number of phenolic OH excluding ortho intramolecular Hbond substituents is 2. The van der Waals surface area contributed by atoms with Gasteiger partial charge in [-0.2, -0.15) is 0 Å². The normalized spacial score (nSPS) is 11.1. The van der Waals surface area contributed by atoms with Gasteiger partial charge in [-0.1, -0.05) is 0 Å². The van der Waals surface area contributed by atoms with Crippen LogP contribution in [0.5, 0.6) is 11.5 Å². The van der Waals surface area contributed by atoms with Crippen LogP contribution in [0.3, 0.4) is 0 Å². The zero-order valence-corrected chi connectivity index (χ0v) is 14.5. The second-order valence-electron chi connectivity index (χ2n) is 4.62. The first-order valence-electron chi connectivity index (χ1n) is 6.50. The van der Waals surface area contributed by atoms with Gasteiger partial charge in [-0.15, -0.1) is 19.6 Å². The quantitative estimate of drug-likeness (QED) is 0.297. The van der Waals surface area contributed by atoms with Crippen LogP contribution in [0.2, 0.25) is 0 Å². The summed E-state index contributed by atoms with van der Waals surface area (Å²) >= 11 is 0. The van der Waals surface area contributed by atoms with Gasteiger partial charge >= 0.3 is 16.5 Å². The van der Waals surface area contributed by atoms with Crippen molar-refractivity contribution in [2.75, 3.05) is 0 Å². The predicted molar refractivity (Wildman–Crippen MR) is 87.2 cm³/mol. The van der Waals surface area contributed by atoms with Gasteiger partial charge in [-0.05, 0) is 36.4 Å². The van der Waals surface area contributed by atoms with Crippen LogP contribution < -0.4 is 0 Å². The molecule has 10 nitrogen and oxygen atoms in total. The molecule has 12 heteroatoms. The van der Waals surface area contributed by atoms with E-state index in [4.69, 9.17) is 28.7 Å². The summed E-state index contributed by atoms with van der Waals surface area (Å²) in [6, 6.07) is 8.11. The van der Waals surface area contributed by atoms with Crippen LogP contribution in [-0.4, -0.2) is 41.4 Å². The van der Waals surface area contributed by atoms with E-state index in [-0.39, 0.29) is 45.3 Å².